The van der Waals surface area contributed by atoms with E-state index < -0.39 is 39.5 Å². The first-order valence-corrected chi connectivity index (χ1v) is 11.2. The SMILES string of the molecule is CCC1(OC(=O)C(C)(COS(=O)(=O)c2ccc(C)cc2)C(C)=O)CCCCC1. The zero-order chi connectivity index (χ0) is 21.0. The van der Waals surface area contributed by atoms with Crippen LogP contribution < -0.4 is 0 Å². The van der Waals surface area contributed by atoms with Gasteiger partial charge in [0.05, 0.1) is 11.5 Å². The molecule has 1 saturated carbocycles. The number of ether oxygens (including phenoxy) is 1. The summed E-state index contributed by atoms with van der Waals surface area (Å²) in [6.45, 7) is 5.85. The molecular formula is C21H30O6S. The predicted octanol–water partition coefficient (Wildman–Crippen LogP) is 3.95. The highest BCUT2D eigenvalue weighted by Crippen LogP contribution is 2.37. The van der Waals surface area contributed by atoms with E-state index in [1.807, 2.05) is 13.8 Å². The standard InChI is InChI=1S/C21H30O6S/c1-5-21(13-7-6-8-14-21)27-19(23)20(4,17(3)22)15-26-28(24,25)18-11-9-16(2)10-12-18/h9-12H,5-8,13-15H2,1-4H3. The average molecular weight is 411 g/mol. The molecule has 1 aromatic rings. The second-order valence-corrected chi connectivity index (χ2v) is 9.52. The first kappa shape index (κ1) is 22.6. The van der Waals surface area contributed by atoms with E-state index in [0.717, 1.165) is 37.7 Å². The molecule has 2 rings (SSSR count). The molecule has 0 saturated heterocycles. The van der Waals surface area contributed by atoms with Gasteiger partial charge >= 0.3 is 5.97 Å². The third-order valence-corrected chi connectivity index (χ3v) is 7.04. The highest BCUT2D eigenvalue weighted by Gasteiger charge is 2.46. The van der Waals surface area contributed by atoms with Gasteiger partial charge in [-0.1, -0.05) is 31.0 Å². The highest BCUT2D eigenvalue weighted by atomic mass is 32.2. The lowest BCUT2D eigenvalue weighted by Gasteiger charge is -2.38. The molecule has 0 N–H and O–H groups in total. The molecule has 0 amide bonds. The van der Waals surface area contributed by atoms with E-state index in [-0.39, 0.29) is 4.90 Å². The van der Waals surface area contributed by atoms with Crippen molar-refractivity contribution in [1.82, 2.24) is 0 Å². The summed E-state index contributed by atoms with van der Waals surface area (Å²) >= 11 is 0. The zero-order valence-corrected chi connectivity index (χ0v) is 17.9. The predicted molar refractivity (Wildman–Crippen MR) is 105 cm³/mol. The Labute approximate surface area is 167 Å². The Hall–Kier alpha value is -1.73. The number of carbonyl (C=O) groups is 2. The van der Waals surface area contributed by atoms with Crippen molar-refractivity contribution in [2.45, 2.75) is 76.7 Å². The van der Waals surface area contributed by atoms with E-state index in [0.29, 0.717) is 6.42 Å². The smallest absolute Gasteiger partial charge is 0.322 e. The van der Waals surface area contributed by atoms with Crippen LogP contribution in [0.4, 0.5) is 0 Å². The second kappa shape index (κ2) is 8.74. The van der Waals surface area contributed by atoms with Crippen LogP contribution in [0.15, 0.2) is 29.2 Å². The van der Waals surface area contributed by atoms with Gasteiger partial charge in [-0.05, 0) is 65.0 Å². The van der Waals surface area contributed by atoms with Crippen LogP contribution in [0, 0.1) is 12.3 Å². The first-order chi connectivity index (χ1) is 13.0. The van der Waals surface area contributed by atoms with Crippen LogP contribution in [-0.2, 0) is 28.6 Å². The minimum Gasteiger partial charge on any atom is -0.458 e. The molecule has 0 heterocycles. The largest absolute Gasteiger partial charge is 0.458 e. The number of aryl methyl sites for hydroxylation is 1. The van der Waals surface area contributed by atoms with Crippen LogP contribution >= 0.6 is 0 Å². The highest BCUT2D eigenvalue weighted by molar-refractivity contribution is 7.86. The molecule has 0 radical (unpaired) electrons. The Bertz CT molecular complexity index is 806. The Morgan fingerprint density at radius 2 is 1.68 bits per heavy atom. The van der Waals surface area contributed by atoms with Gasteiger partial charge in [-0.3, -0.25) is 13.8 Å². The van der Waals surface area contributed by atoms with Crippen LogP contribution in [0.2, 0.25) is 0 Å². The van der Waals surface area contributed by atoms with Gasteiger partial charge in [0.15, 0.2) is 0 Å². The zero-order valence-electron chi connectivity index (χ0n) is 17.1. The van der Waals surface area contributed by atoms with Gasteiger partial charge in [0, 0.05) is 0 Å². The molecule has 0 bridgehead atoms. The van der Waals surface area contributed by atoms with Crippen molar-refractivity contribution in [2.75, 3.05) is 6.61 Å². The van der Waals surface area contributed by atoms with Crippen molar-refractivity contribution >= 4 is 21.9 Å². The molecule has 0 aromatic heterocycles. The molecule has 1 fully saturated rings. The topological polar surface area (TPSA) is 86.7 Å². The summed E-state index contributed by atoms with van der Waals surface area (Å²) in [5, 5.41) is 0. The number of carbonyl (C=O) groups excluding carboxylic acids is 2. The van der Waals surface area contributed by atoms with Crippen molar-refractivity contribution in [1.29, 1.82) is 0 Å². The normalized spacial score (nSPS) is 18.9. The summed E-state index contributed by atoms with van der Waals surface area (Å²) < 4.78 is 35.8. The van der Waals surface area contributed by atoms with E-state index in [1.54, 1.807) is 12.1 Å². The van der Waals surface area contributed by atoms with Gasteiger partial charge in [-0.15, -0.1) is 0 Å². The summed E-state index contributed by atoms with van der Waals surface area (Å²) in [5.74, 6) is -1.21. The van der Waals surface area contributed by atoms with Crippen molar-refractivity contribution in [3.63, 3.8) is 0 Å². The molecular weight excluding hydrogens is 380 g/mol. The molecule has 0 spiro atoms. The summed E-state index contributed by atoms with van der Waals surface area (Å²) in [4.78, 5) is 25.2. The number of ketones is 1. The fourth-order valence-electron chi connectivity index (χ4n) is 3.31. The molecule has 28 heavy (non-hydrogen) atoms. The van der Waals surface area contributed by atoms with E-state index in [4.69, 9.17) is 8.92 Å². The van der Waals surface area contributed by atoms with Crippen LogP contribution in [-0.4, -0.2) is 32.4 Å². The molecule has 1 aliphatic rings. The third-order valence-electron chi connectivity index (χ3n) is 5.76. The molecule has 1 aromatic carbocycles. The quantitative estimate of drug-likeness (QED) is 0.366. The maximum atomic E-state index is 12.9. The first-order valence-electron chi connectivity index (χ1n) is 9.75. The van der Waals surface area contributed by atoms with Gasteiger partial charge in [-0.25, -0.2) is 0 Å². The Morgan fingerprint density at radius 3 is 2.18 bits per heavy atom. The Kier molecular flexibility index (Phi) is 7.04. The van der Waals surface area contributed by atoms with Crippen LogP contribution in [0.3, 0.4) is 0 Å². The van der Waals surface area contributed by atoms with E-state index >= 15 is 0 Å². The molecule has 1 atom stereocenters. The van der Waals surface area contributed by atoms with Gasteiger partial charge in [0.25, 0.3) is 10.1 Å². The Morgan fingerprint density at radius 1 is 1.11 bits per heavy atom. The fourth-order valence-corrected chi connectivity index (χ4v) is 4.30. The van der Waals surface area contributed by atoms with Gasteiger partial charge < -0.3 is 4.74 Å². The summed E-state index contributed by atoms with van der Waals surface area (Å²) in [6, 6.07) is 6.18. The van der Waals surface area contributed by atoms with Crippen LogP contribution in [0.1, 0.15) is 64.9 Å². The van der Waals surface area contributed by atoms with Crippen LogP contribution in [0.5, 0.6) is 0 Å². The lowest BCUT2D eigenvalue weighted by Crippen LogP contribution is -2.47. The maximum absolute atomic E-state index is 12.9. The number of hydrogen-bond donors (Lipinski definition) is 0. The number of benzene rings is 1. The number of hydrogen-bond acceptors (Lipinski definition) is 6. The number of rotatable bonds is 8. The molecule has 1 aliphatic carbocycles. The summed E-state index contributed by atoms with van der Waals surface area (Å²) in [6.07, 6.45) is 5.21. The van der Waals surface area contributed by atoms with Gasteiger partial charge in [0.1, 0.15) is 16.8 Å². The van der Waals surface area contributed by atoms with E-state index in [1.165, 1.54) is 26.0 Å². The van der Waals surface area contributed by atoms with Crippen molar-refractivity contribution in [3.05, 3.63) is 29.8 Å². The minimum atomic E-state index is -4.09. The average Bonchev–Trinajstić information content (AvgIpc) is 2.67. The minimum absolute atomic E-state index is 0.0188. The van der Waals surface area contributed by atoms with Crippen molar-refractivity contribution in [3.8, 4) is 0 Å². The van der Waals surface area contributed by atoms with Crippen molar-refractivity contribution < 1.29 is 26.9 Å². The molecule has 1 unspecified atom stereocenters. The summed E-state index contributed by atoms with van der Waals surface area (Å²) in [7, 11) is -4.09. The van der Waals surface area contributed by atoms with Crippen LogP contribution in [0.25, 0.3) is 0 Å². The second-order valence-electron chi connectivity index (χ2n) is 7.90. The Balaban J connectivity index is 2.17. The molecule has 6 nitrogen and oxygen atoms in total. The third kappa shape index (κ3) is 5.00. The molecule has 7 heteroatoms. The van der Waals surface area contributed by atoms with Gasteiger partial charge in [-0.2, -0.15) is 8.42 Å². The number of esters is 1. The summed E-state index contributed by atoms with van der Waals surface area (Å²) in [5.41, 5.74) is -1.35. The lowest BCUT2D eigenvalue weighted by molar-refractivity contribution is -0.178. The van der Waals surface area contributed by atoms with Gasteiger partial charge in [0.2, 0.25) is 0 Å². The molecule has 156 valence electrons. The van der Waals surface area contributed by atoms with E-state index in [9.17, 15) is 18.0 Å². The fraction of sp³-hybridized carbons (Fsp3) is 0.619. The maximum Gasteiger partial charge on any atom is 0.322 e. The molecule has 0 aliphatic heterocycles. The van der Waals surface area contributed by atoms with Crippen molar-refractivity contribution in [2.24, 2.45) is 5.41 Å². The lowest BCUT2D eigenvalue weighted by atomic mass is 9.81. The van der Waals surface area contributed by atoms with E-state index in [2.05, 4.69) is 0 Å². The number of Topliss-reactive ketones (excluding diaryl/α,β-unsaturated/α-hetero) is 1. The monoisotopic (exact) mass is 410 g/mol.